The summed E-state index contributed by atoms with van der Waals surface area (Å²) in [5.41, 5.74) is 2.71. The summed E-state index contributed by atoms with van der Waals surface area (Å²) in [7, 11) is 0. The number of halogens is 2. The summed E-state index contributed by atoms with van der Waals surface area (Å²) < 4.78 is 2.20. The Hall–Kier alpha value is -0.640. The number of rotatable bonds is 6. The molecule has 3 heteroatoms. The Balaban J connectivity index is 1.77. The van der Waals surface area contributed by atoms with E-state index in [1.807, 2.05) is 0 Å². The van der Waals surface area contributed by atoms with Gasteiger partial charge in [-0.15, -0.1) is 0 Å². The van der Waals surface area contributed by atoms with E-state index in [4.69, 9.17) is 0 Å². The van der Waals surface area contributed by atoms with Crippen LogP contribution in [0.1, 0.15) is 24.5 Å². The quantitative estimate of drug-likeness (QED) is 0.696. The topological polar surface area (TPSA) is 12.0 Å². The maximum atomic E-state index is 3.58. The van der Waals surface area contributed by atoms with Crippen LogP contribution in [0.15, 0.2) is 57.5 Å². The second kappa shape index (κ2) is 7.96. The highest BCUT2D eigenvalue weighted by Crippen LogP contribution is 2.23. The van der Waals surface area contributed by atoms with Gasteiger partial charge in [0.05, 0.1) is 0 Å². The molecule has 2 aromatic rings. The standard InChI is InChI=1S/C17H19Br2N/c1-13(7-8-14-5-3-2-4-6-14)20-12-15-9-10-16(18)17(19)11-15/h2-6,9-11,13,20H,7-8,12H2,1H3. The third-order valence-corrected chi connectivity index (χ3v) is 5.23. The first-order valence-corrected chi connectivity index (χ1v) is 8.45. The molecule has 0 fully saturated rings. The zero-order valence-electron chi connectivity index (χ0n) is 11.6. The summed E-state index contributed by atoms with van der Waals surface area (Å²) in [5, 5.41) is 3.58. The van der Waals surface area contributed by atoms with E-state index in [9.17, 15) is 0 Å². The Morgan fingerprint density at radius 3 is 2.40 bits per heavy atom. The number of benzene rings is 2. The third-order valence-electron chi connectivity index (χ3n) is 3.35. The van der Waals surface area contributed by atoms with E-state index in [1.54, 1.807) is 0 Å². The van der Waals surface area contributed by atoms with Crippen molar-refractivity contribution in [3.05, 3.63) is 68.6 Å². The Labute approximate surface area is 138 Å². The van der Waals surface area contributed by atoms with E-state index in [2.05, 4.69) is 92.6 Å². The van der Waals surface area contributed by atoms with Gasteiger partial charge in [0, 0.05) is 21.5 Å². The van der Waals surface area contributed by atoms with Crippen molar-refractivity contribution in [2.75, 3.05) is 0 Å². The number of nitrogens with one attached hydrogen (secondary N) is 1. The van der Waals surface area contributed by atoms with Gasteiger partial charge in [0.2, 0.25) is 0 Å². The molecule has 1 nitrogen and oxygen atoms in total. The van der Waals surface area contributed by atoms with Crippen LogP contribution in [0, 0.1) is 0 Å². The second-order valence-corrected chi connectivity index (χ2v) is 6.76. The van der Waals surface area contributed by atoms with Gasteiger partial charge < -0.3 is 5.32 Å². The monoisotopic (exact) mass is 395 g/mol. The van der Waals surface area contributed by atoms with Crippen molar-refractivity contribution < 1.29 is 0 Å². The lowest BCUT2D eigenvalue weighted by atomic mass is 10.1. The highest BCUT2D eigenvalue weighted by Gasteiger charge is 2.04. The largest absolute Gasteiger partial charge is 0.310 e. The van der Waals surface area contributed by atoms with Crippen molar-refractivity contribution in [1.82, 2.24) is 5.32 Å². The SMILES string of the molecule is CC(CCc1ccccc1)NCc1ccc(Br)c(Br)c1. The molecule has 0 heterocycles. The molecule has 0 aliphatic heterocycles. The Bertz CT molecular complexity index is 540. The minimum absolute atomic E-state index is 0.512. The van der Waals surface area contributed by atoms with Gasteiger partial charge in [-0.1, -0.05) is 36.4 Å². The van der Waals surface area contributed by atoms with Crippen LogP contribution in [0.25, 0.3) is 0 Å². The molecular weight excluding hydrogens is 378 g/mol. The summed E-state index contributed by atoms with van der Waals surface area (Å²) in [6.45, 7) is 3.15. The minimum Gasteiger partial charge on any atom is -0.310 e. The predicted molar refractivity (Wildman–Crippen MR) is 92.9 cm³/mol. The van der Waals surface area contributed by atoms with Gasteiger partial charge in [-0.3, -0.25) is 0 Å². The fourth-order valence-corrected chi connectivity index (χ4v) is 2.74. The maximum absolute atomic E-state index is 3.58. The fourth-order valence-electron chi connectivity index (χ4n) is 2.07. The summed E-state index contributed by atoms with van der Waals surface area (Å²) in [6.07, 6.45) is 2.28. The van der Waals surface area contributed by atoms with E-state index >= 15 is 0 Å². The van der Waals surface area contributed by atoms with Crippen LogP contribution >= 0.6 is 31.9 Å². The molecule has 0 radical (unpaired) electrons. The molecule has 0 bridgehead atoms. The van der Waals surface area contributed by atoms with Crippen molar-refractivity contribution >= 4 is 31.9 Å². The van der Waals surface area contributed by atoms with Gasteiger partial charge in [-0.25, -0.2) is 0 Å². The van der Waals surface area contributed by atoms with Crippen molar-refractivity contribution in [2.45, 2.75) is 32.4 Å². The van der Waals surface area contributed by atoms with Crippen LogP contribution in [-0.2, 0) is 13.0 Å². The van der Waals surface area contributed by atoms with Gasteiger partial charge >= 0.3 is 0 Å². The van der Waals surface area contributed by atoms with Crippen LogP contribution in [0.5, 0.6) is 0 Å². The molecule has 0 saturated carbocycles. The van der Waals surface area contributed by atoms with Crippen LogP contribution in [0.3, 0.4) is 0 Å². The Morgan fingerprint density at radius 2 is 1.70 bits per heavy atom. The minimum atomic E-state index is 0.512. The van der Waals surface area contributed by atoms with Crippen molar-refractivity contribution in [2.24, 2.45) is 0 Å². The molecule has 1 N–H and O–H groups in total. The first-order chi connectivity index (χ1) is 9.65. The molecule has 0 aromatic heterocycles. The van der Waals surface area contributed by atoms with Crippen molar-refractivity contribution in [3.8, 4) is 0 Å². The van der Waals surface area contributed by atoms with E-state index in [0.29, 0.717) is 6.04 Å². The molecule has 0 amide bonds. The van der Waals surface area contributed by atoms with Crippen molar-refractivity contribution in [1.29, 1.82) is 0 Å². The molecule has 1 atom stereocenters. The first kappa shape index (κ1) is 15.7. The lowest BCUT2D eigenvalue weighted by Crippen LogP contribution is -2.25. The molecule has 106 valence electrons. The summed E-state index contributed by atoms with van der Waals surface area (Å²) >= 11 is 7.03. The molecule has 1 unspecified atom stereocenters. The molecule has 0 saturated heterocycles. The maximum Gasteiger partial charge on any atom is 0.0320 e. The lowest BCUT2D eigenvalue weighted by molar-refractivity contribution is 0.514. The van der Waals surface area contributed by atoms with Crippen LogP contribution in [0.4, 0.5) is 0 Å². The van der Waals surface area contributed by atoms with Gasteiger partial charge in [-0.05, 0) is 74.9 Å². The second-order valence-electron chi connectivity index (χ2n) is 5.05. The van der Waals surface area contributed by atoms with E-state index in [0.717, 1.165) is 28.3 Å². The fraction of sp³-hybridized carbons (Fsp3) is 0.294. The normalized spacial score (nSPS) is 12.3. The number of hydrogen-bond donors (Lipinski definition) is 1. The van der Waals surface area contributed by atoms with Crippen molar-refractivity contribution in [3.63, 3.8) is 0 Å². The average Bonchev–Trinajstić information content (AvgIpc) is 2.47. The molecule has 20 heavy (non-hydrogen) atoms. The molecule has 2 rings (SSSR count). The molecule has 2 aromatic carbocycles. The molecular formula is C17H19Br2N. The Kier molecular flexibility index (Phi) is 6.27. The summed E-state index contributed by atoms with van der Waals surface area (Å²) in [5.74, 6) is 0. The van der Waals surface area contributed by atoms with E-state index < -0.39 is 0 Å². The molecule has 0 aliphatic rings. The Morgan fingerprint density at radius 1 is 0.950 bits per heavy atom. The average molecular weight is 397 g/mol. The third kappa shape index (κ3) is 5.04. The van der Waals surface area contributed by atoms with Gasteiger partial charge in [0.1, 0.15) is 0 Å². The zero-order valence-corrected chi connectivity index (χ0v) is 14.7. The number of hydrogen-bond acceptors (Lipinski definition) is 1. The lowest BCUT2D eigenvalue weighted by Gasteiger charge is -2.14. The highest BCUT2D eigenvalue weighted by molar-refractivity contribution is 9.13. The highest BCUT2D eigenvalue weighted by atomic mass is 79.9. The smallest absolute Gasteiger partial charge is 0.0320 e. The van der Waals surface area contributed by atoms with E-state index in [1.165, 1.54) is 11.1 Å². The van der Waals surface area contributed by atoms with E-state index in [-0.39, 0.29) is 0 Å². The molecule has 0 spiro atoms. The zero-order chi connectivity index (χ0) is 14.4. The van der Waals surface area contributed by atoms with Gasteiger partial charge in [0.15, 0.2) is 0 Å². The summed E-state index contributed by atoms with van der Waals surface area (Å²) in [4.78, 5) is 0. The van der Waals surface area contributed by atoms with Crippen LogP contribution in [0.2, 0.25) is 0 Å². The van der Waals surface area contributed by atoms with Crippen LogP contribution < -0.4 is 5.32 Å². The first-order valence-electron chi connectivity index (χ1n) is 6.86. The van der Waals surface area contributed by atoms with Gasteiger partial charge in [-0.2, -0.15) is 0 Å². The van der Waals surface area contributed by atoms with Gasteiger partial charge in [0.25, 0.3) is 0 Å². The van der Waals surface area contributed by atoms with Crippen LogP contribution in [-0.4, -0.2) is 6.04 Å². The predicted octanol–water partition coefficient (Wildman–Crippen LogP) is 5.32. The summed E-state index contributed by atoms with van der Waals surface area (Å²) in [6, 6.07) is 17.5. The molecule has 0 aliphatic carbocycles. The number of aryl methyl sites for hydroxylation is 1.